The molecule has 0 radical (unpaired) electrons. The maximum absolute atomic E-state index is 12.6. The van der Waals surface area contributed by atoms with Crippen LogP contribution < -0.4 is 0 Å². The number of fused-ring (bicyclic) bond motifs is 1. The maximum Gasteiger partial charge on any atom is 0.335 e. The van der Waals surface area contributed by atoms with E-state index in [1.807, 2.05) is 73.1 Å². The zero-order valence-electron chi connectivity index (χ0n) is 13.9. The third kappa shape index (κ3) is 3.75. The summed E-state index contributed by atoms with van der Waals surface area (Å²) in [5, 5.41) is 0. The lowest BCUT2D eigenvalue weighted by Crippen LogP contribution is -1.99. The largest absolute Gasteiger partial charge is 0.335 e. The lowest BCUT2D eigenvalue weighted by Gasteiger charge is -2.17. The summed E-state index contributed by atoms with van der Waals surface area (Å²) in [6, 6.07) is 13.8. The van der Waals surface area contributed by atoms with Crippen molar-refractivity contribution in [2.24, 2.45) is 0 Å². The molecule has 3 rings (SSSR count). The van der Waals surface area contributed by atoms with E-state index in [-0.39, 0.29) is 6.16 Å². The molecular formula is C18H21N2O3P. The number of hydrogen-bond acceptors (Lipinski definition) is 4. The third-order valence-corrected chi connectivity index (χ3v) is 5.70. The van der Waals surface area contributed by atoms with Crippen molar-refractivity contribution in [3.63, 3.8) is 0 Å². The van der Waals surface area contributed by atoms with Gasteiger partial charge in [0.1, 0.15) is 5.65 Å². The summed E-state index contributed by atoms with van der Waals surface area (Å²) >= 11 is 0. The molecule has 24 heavy (non-hydrogen) atoms. The van der Waals surface area contributed by atoms with Crippen molar-refractivity contribution in [1.29, 1.82) is 0 Å². The first kappa shape index (κ1) is 16.9. The highest BCUT2D eigenvalue weighted by Gasteiger charge is 2.23. The van der Waals surface area contributed by atoms with Gasteiger partial charge in [-0.25, -0.2) is 4.98 Å². The number of imidazole rings is 1. The number of pyridine rings is 1. The minimum atomic E-state index is -3.07. The third-order valence-electron chi connectivity index (χ3n) is 3.64. The fourth-order valence-corrected chi connectivity index (χ4v) is 4.30. The molecule has 2 heterocycles. The molecule has 2 aromatic heterocycles. The van der Waals surface area contributed by atoms with Gasteiger partial charge in [0.15, 0.2) is 0 Å². The van der Waals surface area contributed by atoms with Crippen molar-refractivity contribution in [3.05, 3.63) is 60.4 Å². The van der Waals surface area contributed by atoms with E-state index in [0.29, 0.717) is 13.2 Å². The predicted molar refractivity (Wildman–Crippen MR) is 95.2 cm³/mol. The predicted octanol–water partition coefficient (Wildman–Crippen LogP) is 4.77. The SMILES string of the molecule is CCOP(=O)(Cc1ccc(-c2cn3ccccc3n2)cc1)OCC. The Morgan fingerprint density at radius 1 is 1.04 bits per heavy atom. The highest BCUT2D eigenvalue weighted by molar-refractivity contribution is 7.53. The van der Waals surface area contributed by atoms with Crippen LogP contribution >= 0.6 is 7.60 Å². The minimum Gasteiger partial charge on any atom is -0.309 e. The van der Waals surface area contributed by atoms with Crippen LogP contribution in [0.5, 0.6) is 0 Å². The van der Waals surface area contributed by atoms with E-state index >= 15 is 0 Å². The number of nitrogens with zero attached hydrogens (tertiary/aromatic N) is 2. The maximum atomic E-state index is 12.6. The van der Waals surface area contributed by atoms with Gasteiger partial charge in [-0.3, -0.25) is 4.57 Å². The molecule has 0 aliphatic carbocycles. The Hall–Kier alpha value is -1.94. The Morgan fingerprint density at radius 2 is 1.75 bits per heavy atom. The summed E-state index contributed by atoms with van der Waals surface area (Å²) in [4.78, 5) is 4.60. The van der Waals surface area contributed by atoms with Crippen LogP contribution in [-0.4, -0.2) is 22.6 Å². The molecule has 0 saturated carbocycles. The van der Waals surface area contributed by atoms with Gasteiger partial charge in [0.25, 0.3) is 0 Å². The van der Waals surface area contributed by atoms with Crippen LogP contribution in [0.25, 0.3) is 16.9 Å². The van der Waals surface area contributed by atoms with Gasteiger partial charge in [-0.1, -0.05) is 30.3 Å². The molecule has 0 N–H and O–H groups in total. The van der Waals surface area contributed by atoms with Crippen LogP contribution in [-0.2, 0) is 19.8 Å². The van der Waals surface area contributed by atoms with Crippen molar-refractivity contribution < 1.29 is 13.6 Å². The molecule has 0 fully saturated rings. The summed E-state index contributed by atoms with van der Waals surface area (Å²) in [5.41, 5.74) is 3.76. The quantitative estimate of drug-likeness (QED) is 0.580. The molecule has 0 unspecified atom stereocenters. The standard InChI is InChI=1S/C18H21N2O3P/c1-3-22-24(21,23-4-2)14-15-8-10-16(11-9-15)17-13-20-12-6-5-7-18(20)19-17/h5-13H,3-4,14H2,1-2H3. The first-order valence-electron chi connectivity index (χ1n) is 8.05. The van der Waals surface area contributed by atoms with Crippen molar-refractivity contribution in [3.8, 4) is 11.3 Å². The van der Waals surface area contributed by atoms with Gasteiger partial charge in [-0.2, -0.15) is 0 Å². The van der Waals surface area contributed by atoms with Crippen LogP contribution in [0, 0.1) is 0 Å². The summed E-state index contributed by atoms with van der Waals surface area (Å²) in [7, 11) is -3.07. The van der Waals surface area contributed by atoms with Gasteiger partial charge < -0.3 is 13.4 Å². The van der Waals surface area contributed by atoms with Crippen LogP contribution in [0.3, 0.4) is 0 Å². The number of rotatable bonds is 7. The Balaban J connectivity index is 1.81. The Labute approximate surface area is 141 Å². The van der Waals surface area contributed by atoms with E-state index in [0.717, 1.165) is 22.5 Å². The second-order valence-electron chi connectivity index (χ2n) is 5.39. The van der Waals surface area contributed by atoms with Gasteiger partial charge in [-0.15, -0.1) is 0 Å². The number of aromatic nitrogens is 2. The minimum absolute atomic E-state index is 0.278. The monoisotopic (exact) mass is 344 g/mol. The highest BCUT2D eigenvalue weighted by atomic mass is 31.2. The topological polar surface area (TPSA) is 52.8 Å². The smallest absolute Gasteiger partial charge is 0.309 e. The van der Waals surface area contributed by atoms with Crippen molar-refractivity contribution in [1.82, 2.24) is 9.38 Å². The molecule has 0 aliphatic rings. The molecule has 0 spiro atoms. The van der Waals surface area contributed by atoms with Crippen LogP contribution in [0.2, 0.25) is 0 Å². The lowest BCUT2D eigenvalue weighted by molar-refractivity contribution is 0.219. The van der Waals surface area contributed by atoms with E-state index in [1.54, 1.807) is 0 Å². The Morgan fingerprint density at radius 3 is 2.38 bits per heavy atom. The van der Waals surface area contributed by atoms with E-state index in [4.69, 9.17) is 9.05 Å². The van der Waals surface area contributed by atoms with Crippen LogP contribution in [0.4, 0.5) is 0 Å². The first-order chi connectivity index (χ1) is 11.6. The molecule has 5 nitrogen and oxygen atoms in total. The molecule has 0 bridgehead atoms. The molecule has 3 aromatic rings. The second-order valence-corrected chi connectivity index (χ2v) is 7.45. The zero-order valence-corrected chi connectivity index (χ0v) is 14.8. The van der Waals surface area contributed by atoms with Crippen molar-refractivity contribution in [2.75, 3.05) is 13.2 Å². The molecule has 0 amide bonds. The average molecular weight is 344 g/mol. The van der Waals surface area contributed by atoms with Gasteiger partial charge in [0, 0.05) is 18.0 Å². The van der Waals surface area contributed by atoms with E-state index < -0.39 is 7.60 Å². The molecular weight excluding hydrogens is 323 g/mol. The fraction of sp³-hybridized carbons (Fsp3) is 0.278. The van der Waals surface area contributed by atoms with E-state index in [2.05, 4.69) is 4.98 Å². The van der Waals surface area contributed by atoms with Crippen LogP contribution in [0.1, 0.15) is 19.4 Å². The lowest BCUT2D eigenvalue weighted by atomic mass is 10.1. The summed E-state index contributed by atoms with van der Waals surface area (Å²) < 4.78 is 25.3. The number of hydrogen-bond donors (Lipinski definition) is 0. The molecule has 126 valence electrons. The molecule has 0 aliphatic heterocycles. The zero-order chi connectivity index (χ0) is 17.0. The Bertz CT molecular complexity index is 815. The second kappa shape index (κ2) is 7.31. The number of benzene rings is 1. The van der Waals surface area contributed by atoms with Gasteiger partial charge >= 0.3 is 7.60 Å². The average Bonchev–Trinajstić information content (AvgIpc) is 3.00. The van der Waals surface area contributed by atoms with E-state index in [9.17, 15) is 4.57 Å². The summed E-state index contributed by atoms with van der Waals surface area (Å²) in [5.74, 6) is 0. The molecule has 1 aromatic carbocycles. The van der Waals surface area contributed by atoms with Crippen LogP contribution in [0.15, 0.2) is 54.9 Å². The van der Waals surface area contributed by atoms with Gasteiger partial charge in [-0.05, 0) is 31.5 Å². The molecule has 6 heteroatoms. The highest BCUT2D eigenvalue weighted by Crippen LogP contribution is 2.51. The van der Waals surface area contributed by atoms with E-state index in [1.165, 1.54) is 0 Å². The fourth-order valence-electron chi connectivity index (χ4n) is 2.60. The normalized spacial score (nSPS) is 11.9. The summed E-state index contributed by atoms with van der Waals surface area (Å²) in [6.45, 7) is 4.38. The van der Waals surface area contributed by atoms with Crippen molar-refractivity contribution in [2.45, 2.75) is 20.0 Å². The Kier molecular flexibility index (Phi) is 5.14. The van der Waals surface area contributed by atoms with Gasteiger partial charge in [0.2, 0.25) is 0 Å². The summed E-state index contributed by atoms with van der Waals surface area (Å²) in [6.07, 6.45) is 4.25. The first-order valence-corrected chi connectivity index (χ1v) is 9.77. The molecule has 0 saturated heterocycles. The van der Waals surface area contributed by atoms with Gasteiger partial charge in [0.05, 0.1) is 25.1 Å². The molecule has 0 atom stereocenters. The van der Waals surface area contributed by atoms with Crippen molar-refractivity contribution >= 4 is 13.2 Å².